The number of rotatable bonds is 10. The summed E-state index contributed by atoms with van der Waals surface area (Å²) in [5.74, 6) is -0.105. The molecule has 3 aromatic rings. The summed E-state index contributed by atoms with van der Waals surface area (Å²) in [6.07, 6.45) is 5.04. The first-order valence-corrected chi connectivity index (χ1v) is 15.2. The molecule has 40 heavy (non-hydrogen) atoms. The zero-order valence-electron chi connectivity index (χ0n) is 22.9. The average molecular weight is 589 g/mol. The van der Waals surface area contributed by atoms with E-state index in [1.807, 2.05) is 56.3 Å². The third-order valence-electron chi connectivity index (χ3n) is 6.47. The van der Waals surface area contributed by atoms with Crippen LogP contribution in [0.4, 0.5) is 0 Å². The molecule has 1 unspecified atom stereocenters. The maximum absolute atomic E-state index is 11.5. The lowest BCUT2D eigenvalue weighted by Crippen LogP contribution is -2.38. The lowest BCUT2D eigenvalue weighted by atomic mass is 10.0. The third-order valence-corrected chi connectivity index (χ3v) is 7.59. The fraction of sp³-hybridized carbons (Fsp3) is 0.400. The molecular formula is C30H37ClN2O6S. The highest BCUT2D eigenvalue weighted by molar-refractivity contribution is 7.85. The number of nitrogens with zero attached hydrogens (tertiary/aromatic N) is 2. The number of aromatic nitrogens is 1. The minimum Gasteiger partial charge on any atom is -0.466 e. The summed E-state index contributed by atoms with van der Waals surface area (Å²) in [6.45, 7) is 7.00. The molecule has 0 bridgehead atoms. The molecule has 8 nitrogen and oxygen atoms in total. The Labute approximate surface area is 242 Å². The van der Waals surface area contributed by atoms with Crippen molar-refractivity contribution in [1.82, 2.24) is 9.88 Å². The Morgan fingerprint density at radius 3 is 2.33 bits per heavy atom. The van der Waals surface area contributed by atoms with Crippen LogP contribution in [0.5, 0.6) is 0 Å². The summed E-state index contributed by atoms with van der Waals surface area (Å²) in [5.41, 5.74) is 2.93. The Hall–Kier alpha value is -2.82. The van der Waals surface area contributed by atoms with Crippen molar-refractivity contribution in [2.24, 2.45) is 0 Å². The minimum absolute atomic E-state index is 0.0666. The van der Waals surface area contributed by atoms with Gasteiger partial charge in [-0.3, -0.25) is 14.3 Å². The van der Waals surface area contributed by atoms with Gasteiger partial charge in [0.1, 0.15) is 6.10 Å². The third kappa shape index (κ3) is 10.6. The number of piperidine rings is 1. The number of halogens is 1. The summed E-state index contributed by atoms with van der Waals surface area (Å²) >= 11 is 6.06. The van der Waals surface area contributed by atoms with Gasteiger partial charge in [-0.15, -0.1) is 0 Å². The number of esters is 1. The van der Waals surface area contributed by atoms with E-state index in [2.05, 4.69) is 9.88 Å². The van der Waals surface area contributed by atoms with E-state index in [1.165, 1.54) is 12.1 Å². The van der Waals surface area contributed by atoms with Gasteiger partial charge in [-0.2, -0.15) is 8.42 Å². The first-order valence-electron chi connectivity index (χ1n) is 13.4. The number of hydrogen-bond donors (Lipinski definition) is 1. The smallest absolute Gasteiger partial charge is 0.305 e. The van der Waals surface area contributed by atoms with E-state index in [0.29, 0.717) is 18.1 Å². The summed E-state index contributed by atoms with van der Waals surface area (Å²) < 4.78 is 41.1. The van der Waals surface area contributed by atoms with Gasteiger partial charge in [-0.05, 0) is 81.6 Å². The molecule has 1 atom stereocenters. The van der Waals surface area contributed by atoms with Gasteiger partial charge in [0, 0.05) is 30.7 Å². The second-order valence-corrected chi connectivity index (χ2v) is 11.4. The van der Waals surface area contributed by atoms with E-state index in [9.17, 15) is 13.2 Å². The predicted molar refractivity (Wildman–Crippen MR) is 155 cm³/mol. The Morgan fingerprint density at radius 2 is 1.75 bits per heavy atom. The normalized spacial score (nSPS) is 15.1. The lowest BCUT2D eigenvalue weighted by Gasteiger charge is -2.34. The number of aryl methyl sites for hydroxylation is 1. The van der Waals surface area contributed by atoms with E-state index in [-0.39, 0.29) is 23.1 Å². The Bertz CT molecular complexity index is 1280. The van der Waals surface area contributed by atoms with Gasteiger partial charge < -0.3 is 14.4 Å². The number of pyridine rings is 1. The van der Waals surface area contributed by atoms with Crippen molar-refractivity contribution in [2.75, 3.05) is 26.2 Å². The molecule has 1 N–H and O–H groups in total. The maximum atomic E-state index is 11.5. The molecule has 0 saturated carbocycles. The van der Waals surface area contributed by atoms with Crippen LogP contribution in [0.1, 0.15) is 55.5 Å². The van der Waals surface area contributed by atoms with Crippen molar-refractivity contribution in [3.63, 3.8) is 0 Å². The maximum Gasteiger partial charge on any atom is 0.305 e. The zero-order valence-corrected chi connectivity index (χ0v) is 24.5. The molecule has 1 saturated heterocycles. The molecule has 10 heteroatoms. The fourth-order valence-corrected chi connectivity index (χ4v) is 4.95. The van der Waals surface area contributed by atoms with Crippen LogP contribution < -0.4 is 0 Å². The van der Waals surface area contributed by atoms with E-state index in [0.717, 1.165) is 55.7 Å². The second-order valence-electron chi connectivity index (χ2n) is 9.56. The van der Waals surface area contributed by atoms with Crippen LogP contribution in [-0.2, 0) is 24.4 Å². The summed E-state index contributed by atoms with van der Waals surface area (Å²) in [7, 11) is -4.02. The Morgan fingerprint density at radius 1 is 1.07 bits per heavy atom. The molecule has 1 aliphatic rings. The highest BCUT2D eigenvalue weighted by atomic mass is 35.5. The molecular weight excluding hydrogens is 552 g/mol. The number of benzene rings is 2. The summed E-state index contributed by atoms with van der Waals surface area (Å²) in [6, 6.07) is 19.7. The quantitative estimate of drug-likeness (QED) is 0.231. The minimum atomic E-state index is -4.02. The molecule has 1 aromatic heterocycles. The molecule has 0 spiro atoms. The van der Waals surface area contributed by atoms with Gasteiger partial charge in [0.05, 0.1) is 23.3 Å². The number of ether oxygens (including phenoxy) is 2. The highest BCUT2D eigenvalue weighted by Crippen LogP contribution is 2.29. The molecule has 2 heterocycles. The van der Waals surface area contributed by atoms with Crippen LogP contribution in [0.15, 0.2) is 77.8 Å². The van der Waals surface area contributed by atoms with Gasteiger partial charge in [0.25, 0.3) is 10.1 Å². The second kappa shape index (κ2) is 15.8. The van der Waals surface area contributed by atoms with E-state index in [1.54, 1.807) is 18.3 Å². The van der Waals surface area contributed by atoms with Gasteiger partial charge in [0.15, 0.2) is 0 Å². The zero-order chi connectivity index (χ0) is 29.0. The highest BCUT2D eigenvalue weighted by Gasteiger charge is 2.25. The van der Waals surface area contributed by atoms with Gasteiger partial charge in [0.2, 0.25) is 0 Å². The lowest BCUT2D eigenvalue weighted by molar-refractivity contribution is -0.143. The average Bonchev–Trinajstić information content (AvgIpc) is 2.94. The van der Waals surface area contributed by atoms with Crippen LogP contribution in [0.2, 0.25) is 5.02 Å². The Balaban J connectivity index is 0.000000336. The molecule has 1 fully saturated rings. The molecule has 0 amide bonds. The van der Waals surface area contributed by atoms with Crippen LogP contribution in [0.3, 0.4) is 0 Å². The largest absolute Gasteiger partial charge is 0.466 e. The van der Waals surface area contributed by atoms with E-state index < -0.39 is 10.1 Å². The van der Waals surface area contributed by atoms with Crippen molar-refractivity contribution in [2.45, 2.75) is 56.6 Å². The molecule has 4 rings (SSSR count). The fourth-order valence-electron chi connectivity index (χ4n) is 4.34. The monoisotopic (exact) mass is 588 g/mol. The topological polar surface area (TPSA) is 106 Å². The Kier molecular flexibility index (Phi) is 12.5. The van der Waals surface area contributed by atoms with Crippen LogP contribution >= 0.6 is 11.6 Å². The number of hydrogen-bond acceptors (Lipinski definition) is 7. The molecule has 216 valence electrons. The number of carbonyl (C=O) groups is 1. The molecule has 0 radical (unpaired) electrons. The van der Waals surface area contributed by atoms with Crippen molar-refractivity contribution in [1.29, 1.82) is 0 Å². The first kappa shape index (κ1) is 31.7. The van der Waals surface area contributed by atoms with Crippen molar-refractivity contribution < 1.29 is 27.2 Å². The summed E-state index contributed by atoms with van der Waals surface area (Å²) in [5, 5.41) is 0.713. The van der Waals surface area contributed by atoms with Crippen LogP contribution in [0.25, 0.3) is 0 Å². The number of carbonyl (C=O) groups excluding carboxylic acids is 1. The summed E-state index contributed by atoms with van der Waals surface area (Å²) in [4.78, 5) is 18.3. The van der Waals surface area contributed by atoms with E-state index >= 15 is 0 Å². The van der Waals surface area contributed by atoms with Gasteiger partial charge >= 0.3 is 5.97 Å². The van der Waals surface area contributed by atoms with Crippen molar-refractivity contribution in [3.8, 4) is 0 Å². The van der Waals surface area contributed by atoms with Crippen molar-refractivity contribution >= 4 is 27.7 Å². The van der Waals surface area contributed by atoms with Crippen LogP contribution in [-0.4, -0.2) is 61.2 Å². The SMILES string of the molecule is CCOC(=O)CCCN1CCC(OC(c2ccc(Cl)cc2)c2ccccn2)CC1.Cc1ccc(S(=O)(=O)O)cc1. The molecule has 0 aliphatic carbocycles. The number of likely N-dealkylation sites (tertiary alicyclic amines) is 1. The van der Waals surface area contributed by atoms with E-state index in [4.69, 9.17) is 25.6 Å². The van der Waals surface area contributed by atoms with Gasteiger partial charge in [-0.1, -0.05) is 47.5 Å². The predicted octanol–water partition coefficient (Wildman–Crippen LogP) is 5.89. The molecule has 1 aliphatic heterocycles. The van der Waals surface area contributed by atoms with Crippen LogP contribution in [0, 0.1) is 6.92 Å². The standard InChI is InChI=1S/C23H29ClN2O3.C7H8O3S/c1-2-28-22(27)7-5-15-26-16-12-20(13-17-26)29-23(21-6-3-4-14-25-21)18-8-10-19(24)11-9-18;1-6-2-4-7(5-3-6)11(8,9)10/h3-4,6,8-11,14,20,23H,2,5,7,12-13,15-17H2,1H3;2-5H,1H3,(H,8,9,10). The first-order chi connectivity index (χ1) is 19.2. The van der Waals surface area contributed by atoms with Crippen molar-refractivity contribution in [3.05, 3.63) is 94.8 Å². The van der Waals surface area contributed by atoms with Gasteiger partial charge in [-0.25, -0.2) is 0 Å². The molecule has 2 aromatic carbocycles.